The Balaban J connectivity index is 1.66. The molecule has 0 aliphatic carbocycles. The van der Waals surface area contributed by atoms with Crippen molar-refractivity contribution in [3.63, 3.8) is 0 Å². The highest BCUT2D eigenvalue weighted by Crippen LogP contribution is 2.37. The summed E-state index contributed by atoms with van der Waals surface area (Å²) in [4.78, 5) is 17.7. The van der Waals surface area contributed by atoms with E-state index in [1.54, 1.807) is 0 Å². The molecule has 0 radical (unpaired) electrons. The summed E-state index contributed by atoms with van der Waals surface area (Å²) in [6.45, 7) is 9.29. The third kappa shape index (κ3) is 5.73. The van der Waals surface area contributed by atoms with Gasteiger partial charge in [-0.1, -0.05) is 112 Å². The lowest BCUT2D eigenvalue weighted by Gasteiger charge is -2.43. The Morgan fingerprint density at radius 1 is 0.914 bits per heavy atom. The van der Waals surface area contributed by atoms with Gasteiger partial charge in [0.15, 0.2) is 0 Å². The molecule has 1 fully saturated rings. The summed E-state index contributed by atoms with van der Waals surface area (Å²) in [5, 5.41) is 4.28. The van der Waals surface area contributed by atoms with Crippen molar-refractivity contribution in [2.45, 2.75) is 58.0 Å². The van der Waals surface area contributed by atoms with Crippen molar-refractivity contribution in [2.75, 3.05) is 6.61 Å². The zero-order chi connectivity index (χ0) is 24.9. The van der Waals surface area contributed by atoms with Gasteiger partial charge in [0.1, 0.15) is 0 Å². The van der Waals surface area contributed by atoms with Crippen LogP contribution in [0.1, 0.15) is 39.7 Å². The third-order valence-corrected chi connectivity index (χ3v) is 11.5. The molecule has 0 bridgehead atoms. The standard InChI is InChI=1S/C29H35NO4Si/c1-23(31)33-28-20-25(30(34-28)21-24-14-8-5-9-15-24)22-32-35(29(2,3)4,26-16-10-6-11-17-26)27-18-12-7-13-19-27/h5-19,25,28H,20-22H2,1-4H3/t25-,28?/m1/s1. The quantitative estimate of drug-likeness (QED) is 0.340. The molecule has 1 aliphatic rings. The summed E-state index contributed by atoms with van der Waals surface area (Å²) in [7, 11) is -2.68. The number of hydrogen-bond acceptors (Lipinski definition) is 5. The maximum atomic E-state index is 11.6. The van der Waals surface area contributed by atoms with Crippen molar-refractivity contribution in [3.05, 3.63) is 96.6 Å². The smallest absolute Gasteiger partial charge is 0.304 e. The van der Waals surface area contributed by atoms with E-state index in [-0.39, 0.29) is 17.0 Å². The number of carbonyl (C=O) groups excluding carboxylic acids is 1. The number of hydrogen-bond donors (Lipinski definition) is 0. The van der Waals surface area contributed by atoms with Gasteiger partial charge in [0.05, 0.1) is 12.6 Å². The highest BCUT2D eigenvalue weighted by atomic mass is 28.4. The first kappa shape index (κ1) is 25.3. The lowest BCUT2D eigenvalue weighted by atomic mass is 10.2. The first-order chi connectivity index (χ1) is 16.8. The Labute approximate surface area is 209 Å². The molecule has 0 amide bonds. The Bertz CT molecular complexity index is 1050. The summed E-state index contributed by atoms with van der Waals surface area (Å²) >= 11 is 0. The van der Waals surface area contributed by atoms with Gasteiger partial charge < -0.3 is 9.16 Å². The molecule has 1 saturated heterocycles. The van der Waals surface area contributed by atoms with Gasteiger partial charge in [-0.25, -0.2) is 0 Å². The lowest BCUT2D eigenvalue weighted by Crippen LogP contribution is -2.67. The minimum atomic E-state index is -2.68. The van der Waals surface area contributed by atoms with Crippen molar-refractivity contribution in [1.29, 1.82) is 0 Å². The van der Waals surface area contributed by atoms with Gasteiger partial charge in [-0.3, -0.25) is 9.63 Å². The molecule has 1 unspecified atom stereocenters. The van der Waals surface area contributed by atoms with Crippen LogP contribution in [-0.2, 0) is 25.3 Å². The molecule has 0 N–H and O–H groups in total. The second-order valence-electron chi connectivity index (χ2n) is 10.1. The van der Waals surface area contributed by atoms with E-state index in [9.17, 15) is 4.79 Å². The maximum Gasteiger partial charge on any atom is 0.304 e. The first-order valence-corrected chi connectivity index (χ1v) is 14.1. The fourth-order valence-electron chi connectivity index (χ4n) is 4.94. The molecule has 5 nitrogen and oxygen atoms in total. The molecule has 1 heterocycles. The normalized spacial score (nSPS) is 19.0. The Morgan fingerprint density at radius 3 is 1.91 bits per heavy atom. The molecular formula is C29H35NO4Si. The predicted molar refractivity (Wildman–Crippen MR) is 141 cm³/mol. The van der Waals surface area contributed by atoms with E-state index in [4.69, 9.17) is 14.0 Å². The van der Waals surface area contributed by atoms with E-state index in [0.717, 1.165) is 5.56 Å². The third-order valence-electron chi connectivity index (χ3n) is 6.51. The van der Waals surface area contributed by atoms with Gasteiger partial charge in [0.25, 0.3) is 8.32 Å². The molecule has 2 atom stereocenters. The van der Waals surface area contributed by atoms with Crippen LogP contribution in [0.2, 0.25) is 5.04 Å². The highest BCUT2D eigenvalue weighted by Gasteiger charge is 2.51. The second kappa shape index (κ2) is 10.9. The number of carbonyl (C=O) groups is 1. The number of benzene rings is 3. The molecule has 184 valence electrons. The molecule has 3 aromatic rings. The topological polar surface area (TPSA) is 48.0 Å². The van der Waals surface area contributed by atoms with Gasteiger partial charge in [-0.15, -0.1) is 0 Å². The predicted octanol–water partition coefficient (Wildman–Crippen LogP) is 4.66. The number of rotatable bonds is 8. The minimum Gasteiger partial charge on any atom is -0.434 e. The fraction of sp³-hybridized carbons (Fsp3) is 0.345. The molecule has 3 aromatic carbocycles. The van der Waals surface area contributed by atoms with E-state index >= 15 is 0 Å². The van der Waals surface area contributed by atoms with Gasteiger partial charge in [0, 0.05) is 19.9 Å². The molecule has 0 saturated carbocycles. The first-order valence-electron chi connectivity index (χ1n) is 12.2. The van der Waals surface area contributed by atoms with E-state index in [1.807, 2.05) is 35.4 Å². The van der Waals surface area contributed by atoms with Crippen molar-refractivity contribution in [3.8, 4) is 0 Å². The van der Waals surface area contributed by atoms with Gasteiger partial charge >= 0.3 is 5.97 Å². The molecule has 4 rings (SSSR count). The number of hydroxylamine groups is 2. The molecule has 1 aliphatic heterocycles. The van der Waals surface area contributed by atoms with Crippen molar-refractivity contribution >= 4 is 24.7 Å². The summed E-state index contributed by atoms with van der Waals surface area (Å²) in [5.74, 6) is -0.344. The van der Waals surface area contributed by atoms with Gasteiger partial charge in [-0.2, -0.15) is 5.06 Å². The summed E-state index contributed by atoms with van der Waals surface area (Å²) in [6, 6.07) is 31.4. The summed E-state index contributed by atoms with van der Waals surface area (Å²) in [6.07, 6.45) is -0.0473. The maximum absolute atomic E-state index is 11.6. The van der Waals surface area contributed by atoms with Crippen molar-refractivity contribution in [1.82, 2.24) is 5.06 Å². The lowest BCUT2D eigenvalue weighted by molar-refractivity contribution is -0.240. The summed E-state index contributed by atoms with van der Waals surface area (Å²) < 4.78 is 12.6. The highest BCUT2D eigenvalue weighted by molar-refractivity contribution is 6.99. The monoisotopic (exact) mass is 489 g/mol. The van der Waals surface area contributed by atoms with Gasteiger partial charge in [-0.05, 0) is 21.0 Å². The number of nitrogens with zero attached hydrogens (tertiary/aromatic N) is 1. The van der Waals surface area contributed by atoms with Gasteiger partial charge in [0.2, 0.25) is 6.29 Å². The number of esters is 1. The fourth-order valence-corrected chi connectivity index (χ4v) is 9.54. The van der Waals surface area contributed by atoms with Crippen molar-refractivity contribution in [2.24, 2.45) is 0 Å². The zero-order valence-corrected chi connectivity index (χ0v) is 22.0. The number of ether oxygens (including phenoxy) is 1. The largest absolute Gasteiger partial charge is 0.434 e. The zero-order valence-electron chi connectivity index (χ0n) is 21.0. The molecule has 0 spiro atoms. The van der Waals surface area contributed by atoms with Crippen molar-refractivity contribution < 1.29 is 18.8 Å². The van der Waals surface area contributed by atoms with Crippen LogP contribution >= 0.6 is 0 Å². The molecule has 6 heteroatoms. The van der Waals surface area contributed by atoms with Crippen LogP contribution in [0.5, 0.6) is 0 Å². The second-order valence-corrected chi connectivity index (χ2v) is 14.4. The molecule has 35 heavy (non-hydrogen) atoms. The Kier molecular flexibility index (Phi) is 7.87. The summed E-state index contributed by atoms with van der Waals surface area (Å²) in [5.41, 5.74) is 1.13. The van der Waals surface area contributed by atoms with Crippen LogP contribution in [-0.4, -0.2) is 38.3 Å². The van der Waals surface area contributed by atoms with E-state index < -0.39 is 14.6 Å². The van der Waals surface area contributed by atoms with Crippen LogP contribution in [0.25, 0.3) is 0 Å². The Hall–Kier alpha value is -2.77. The molecule has 0 aromatic heterocycles. The van der Waals surface area contributed by atoms with E-state index in [0.29, 0.717) is 19.6 Å². The van der Waals surface area contributed by atoms with Crippen LogP contribution < -0.4 is 10.4 Å². The molecular weight excluding hydrogens is 454 g/mol. The van der Waals surface area contributed by atoms with Crippen LogP contribution in [0.3, 0.4) is 0 Å². The SMILES string of the molecule is CC(=O)OC1C[C@H](CO[Si](c2ccccc2)(c2ccccc2)C(C)(C)C)N(Cc2ccccc2)O1. The van der Waals surface area contributed by atoms with Crippen LogP contribution in [0.4, 0.5) is 0 Å². The average molecular weight is 490 g/mol. The van der Waals surface area contributed by atoms with Crippen LogP contribution in [0.15, 0.2) is 91.0 Å². The minimum absolute atomic E-state index is 0.0544. The van der Waals surface area contributed by atoms with E-state index in [1.165, 1.54) is 17.3 Å². The average Bonchev–Trinajstić information content (AvgIpc) is 3.20. The van der Waals surface area contributed by atoms with Crippen LogP contribution in [0, 0.1) is 0 Å². The Morgan fingerprint density at radius 2 is 1.43 bits per heavy atom. The van der Waals surface area contributed by atoms with E-state index in [2.05, 4.69) is 81.4 Å².